The minimum Gasteiger partial charge on any atom is -0.504 e. The van der Waals surface area contributed by atoms with Crippen molar-refractivity contribution in [2.24, 2.45) is 0 Å². The standard InChI is InChI=1S/C8H5N3O5/c12-6-2-4(8-10-9-3-16-8)1-5(7(6)13)11(14)15/h1-3,12-13H. The predicted octanol–water partition coefficient (Wildman–Crippen LogP) is 1.06. The van der Waals surface area contributed by atoms with E-state index in [9.17, 15) is 20.3 Å². The lowest BCUT2D eigenvalue weighted by molar-refractivity contribution is -0.385. The fourth-order valence-electron chi connectivity index (χ4n) is 1.17. The lowest BCUT2D eigenvalue weighted by Gasteiger charge is -2.01. The molecule has 0 atom stereocenters. The van der Waals surface area contributed by atoms with Crippen molar-refractivity contribution in [3.8, 4) is 23.0 Å². The Morgan fingerprint density at radius 2 is 2.12 bits per heavy atom. The largest absolute Gasteiger partial charge is 0.504 e. The second-order valence-corrected chi connectivity index (χ2v) is 2.86. The molecule has 0 bridgehead atoms. The van der Waals surface area contributed by atoms with Crippen molar-refractivity contribution in [1.82, 2.24) is 10.2 Å². The van der Waals surface area contributed by atoms with Crippen LogP contribution in [0.2, 0.25) is 0 Å². The third kappa shape index (κ3) is 1.52. The molecule has 0 aliphatic rings. The second-order valence-electron chi connectivity index (χ2n) is 2.86. The molecule has 2 rings (SSSR count). The molecule has 8 nitrogen and oxygen atoms in total. The lowest BCUT2D eigenvalue weighted by Crippen LogP contribution is -1.90. The molecule has 0 aliphatic heterocycles. The maximum Gasteiger partial charge on any atom is 0.315 e. The van der Waals surface area contributed by atoms with Gasteiger partial charge in [0.05, 0.1) is 4.92 Å². The first kappa shape index (κ1) is 9.90. The molecule has 0 amide bonds. The molecule has 2 aromatic rings. The lowest BCUT2D eigenvalue weighted by atomic mass is 10.1. The zero-order valence-corrected chi connectivity index (χ0v) is 7.69. The van der Waals surface area contributed by atoms with Crippen LogP contribution in [0.5, 0.6) is 11.5 Å². The van der Waals surface area contributed by atoms with E-state index in [1.54, 1.807) is 0 Å². The van der Waals surface area contributed by atoms with Crippen LogP contribution in [-0.4, -0.2) is 25.3 Å². The Bertz CT molecular complexity index is 537. The molecule has 0 unspecified atom stereocenters. The summed E-state index contributed by atoms with van der Waals surface area (Å²) in [5.74, 6) is -1.41. The molecule has 8 heteroatoms. The molecule has 0 aliphatic carbocycles. The van der Waals surface area contributed by atoms with E-state index in [4.69, 9.17) is 4.42 Å². The minimum absolute atomic E-state index is 0.0124. The predicted molar refractivity (Wildman–Crippen MR) is 49.7 cm³/mol. The number of hydrogen-bond acceptors (Lipinski definition) is 7. The second kappa shape index (κ2) is 3.50. The van der Waals surface area contributed by atoms with Crippen LogP contribution in [0.25, 0.3) is 11.5 Å². The van der Waals surface area contributed by atoms with E-state index in [0.717, 1.165) is 18.5 Å². The van der Waals surface area contributed by atoms with Gasteiger partial charge >= 0.3 is 5.69 Å². The maximum absolute atomic E-state index is 10.6. The Morgan fingerprint density at radius 3 is 2.69 bits per heavy atom. The Hall–Kier alpha value is -2.64. The van der Waals surface area contributed by atoms with Gasteiger partial charge in [0, 0.05) is 11.6 Å². The summed E-state index contributed by atoms with van der Waals surface area (Å²) in [7, 11) is 0. The van der Waals surface area contributed by atoms with E-state index in [2.05, 4.69) is 10.2 Å². The average molecular weight is 223 g/mol. The SMILES string of the molecule is O=[N+]([O-])c1cc(-c2nnco2)cc(O)c1O. The van der Waals surface area contributed by atoms with Crippen LogP contribution >= 0.6 is 0 Å². The van der Waals surface area contributed by atoms with E-state index in [1.807, 2.05) is 0 Å². The summed E-state index contributed by atoms with van der Waals surface area (Å²) in [4.78, 5) is 9.74. The first-order valence-electron chi connectivity index (χ1n) is 4.06. The molecule has 0 radical (unpaired) electrons. The van der Waals surface area contributed by atoms with Crippen molar-refractivity contribution < 1.29 is 19.6 Å². The van der Waals surface area contributed by atoms with E-state index in [-0.39, 0.29) is 11.5 Å². The molecule has 16 heavy (non-hydrogen) atoms. The topological polar surface area (TPSA) is 123 Å². The average Bonchev–Trinajstić information content (AvgIpc) is 2.74. The summed E-state index contributed by atoms with van der Waals surface area (Å²) in [5, 5.41) is 36.0. The summed E-state index contributed by atoms with van der Waals surface area (Å²) < 4.78 is 4.81. The highest BCUT2D eigenvalue weighted by Crippen LogP contribution is 2.38. The van der Waals surface area contributed by atoms with Crippen LogP contribution in [0.1, 0.15) is 0 Å². The molecule has 1 heterocycles. The van der Waals surface area contributed by atoms with Gasteiger partial charge in [0.25, 0.3) is 0 Å². The number of benzene rings is 1. The van der Waals surface area contributed by atoms with Gasteiger partial charge in [0.15, 0.2) is 5.75 Å². The zero-order valence-electron chi connectivity index (χ0n) is 7.69. The number of nitro groups is 1. The van der Waals surface area contributed by atoms with Crippen molar-refractivity contribution in [2.45, 2.75) is 0 Å². The zero-order chi connectivity index (χ0) is 11.7. The number of aromatic hydroxyl groups is 2. The van der Waals surface area contributed by atoms with Crippen LogP contribution in [0, 0.1) is 10.1 Å². The highest BCUT2D eigenvalue weighted by molar-refractivity contribution is 5.67. The monoisotopic (exact) mass is 223 g/mol. The van der Waals surface area contributed by atoms with Crippen LogP contribution in [0.4, 0.5) is 5.69 Å². The van der Waals surface area contributed by atoms with Crippen LogP contribution in [-0.2, 0) is 0 Å². The van der Waals surface area contributed by atoms with Gasteiger partial charge in [-0.25, -0.2) is 0 Å². The Balaban J connectivity index is 2.62. The third-order valence-electron chi connectivity index (χ3n) is 1.87. The fraction of sp³-hybridized carbons (Fsp3) is 0. The summed E-state index contributed by atoms with van der Waals surface area (Å²) in [6, 6.07) is 2.12. The van der Waals surface area contributed by atoms with Crippen molar-refractivity contribution in [2.75, 3.05) is 0 Å². The van der Waals surface area contributed by atoms with Gasteiger partial charge in [-0.15, -0.1) is 10.2 Å². The maximum atomic E-state index is 10.6. The quantitative estimate of drug-likeness (QED) is 0.443. The molecular formula is C8H5N3O5. The van der Waals surface area contributed by atoms with Gasteiger partial charge in [0.2, 0.25) is 18.0 Å². The molecule has 0 fully saturated rings. The normalized spacial score (nSPS) is 10.2. The molecule has 2 N–H and O–H groups in total. The van der Waals surface area contributed by atoms with Crippen LogP contribution < -0.4 is 0 Å². The highest BCUT2D eigenvalue weighted by atomic mass is 16.6. The van der Waals surface area contributed by atoms with Crippen molar-refractivity contribution in [3.63, 3.8) is 0 Å². The molecular weight excluding hydrogens is 218 g/mol. The molecule has 0 spiro atoms. The van der Waals surface area contributed by atoms with Crippen LogP contribution in [0.3, 0.4) is 0 Å². The van der Waals surface area contributed by atoms with Crippen molar-refractivity contribution >= 4 is 5.69 Å². The van der Waals surface area contributed by atoms with Gasteiger partial charge in [-0.3, -0.25) is 10.1 Å². The van der Waals surface area contributed by atoms with Crippen molar-refractivity contribution in [1.29, 1.82) is 0 Å². The Kier molecular flexibility index (Phi) is 2.16. The summed E-state index contributed by atoms with van der Waals surface area (Å²) in [6.07, 6.45) is 1.05. The molecule has 82 valence electrons. The van der Waals surface area contributed by atoms with E-state index < -0.39 is 22.1 Å². The summed E-state index contributed by atoms with van der Waals surface area (Å²) in [5.41, 5.74) is -0.479. The summed E-state index contributed by atoms with van der Waals surface area (Å²) >= 11 is 0. The van der Waals surface area contributed by atoms with Gasteiger partial charge in [-0.1, -0.05) is 0 Å². The van der Waals surface area contributed by atoms with E-state index in [1.165, 1.54) is 0 Å². The number of hydrogen-bond donors (Lipinski definition) is 2. The van der Waals surface area contributed by atoms with Gasteiger partial charge in [-0.05, 0) is 6.07 Å². The molecule has 1 aromatic heterocycles. The Morgan fingerprint density at radius 1 is 1.38 bits per heavy atom. The van der Waals surface area contributed by atoms with E-state index in [0.29, 0.717) is 0 Å². The van der Waals surface area contributed by atoms with Gasteiger partial charge in [-0.2, -0.15) is 0 Å². The van der Waals surface area contributed by atoms with Crippen LogP contribution in [0.15, 0.2) is 22.9 Å². The first-order chi connectivity index (χ1) is 7.59. The van der Waals surface area contributed by atoms with Gasteiger partial charge in [0.1, 0.15) is 0 Å². The number of nitrogens with zero attached hydrogens (tertiary/aromatic N) is 3. The number of rotatable bonds is 2. The number of aromatic nitrogens is 2. The first-order valence-corrected chi connectivity index (χ1v) is 4.06. The molecule has 0 saturated heterocycles. The number of nitro benzene ring substituents is 1. The van der Waals surface area contributed by atoms with E-state index >= 15 is 0 Å². The molecule has 1 aromatic carbocycles. The summed E-state index contributed by atoms with van der Waals surface area (Å²) in [6.45, 7) is 0. The Labute approximate surface area is 87.9 Å². The van der Waals surface area contributed by atoms with Gasteiger partial charge < -0.3 is 14.6 Å². The molecule has 0 saturated carbocycles. The third-order valence-corrected chi connectivity index (χ3v) is 1.87. The smallest absolute Gasteiger partial charge is 0.315 e. The minimum atomic E-state index is -0.824. The number of phenolic OH excluding ortho intramolecular Hbond substituents is 2. The fourth-order valence-corrected chi connectivity index (χ4v) is 1.17. The number of phenols is 2. The highest BCUT2D eigenvalue weighted by Gasteiger charge is 2.20. The van der Waals surface area contributed by atoms with Crippen molar-refractivity contribution in [3.05, 3.63) is 28.6 Å².